The summed E-state index contributed by atoms with van der Waals surface area (Å²) in [6.45, 7) is 0.264. The van der Waals surface area contributed by atoms with Gasteiger partial charge in [0.15, 0.2) is 0 Å². The molecule has 1 atom stereocenters. The highest BCUT2D eigenvalue weighted by molar-refractivity contribution is 7.92. The van der Waals surface area contributed by atoms with Crippen molar-refractivity contribution in [3.8, 4) is 11.5 Å². The number of ether oxygens (including phenoxy) is 2. The second-order valence-corrected chi connectivity index (χ2v) is 8.65. The first-order valence-corrected chi connectivity index (χ1v) is 10.3. The van der Waals surface area contributed by atoms with Crippen LogP contribution in [0.2, 0.25) is 0 Å². The minimum atomic E-state index is -4.82. The number of fused-ring (bicyclic) bond motifs is 1. The van der Waals surface area contributed by atoms with Crippen LogP contribution in [0.25, 0.3) is 0 Å². The molecule has 0 saturated heterocycles. The van der Waals surface area contributed by atoms with Crippen LogP contribution in [0.3, 0.4) is 0 Å². The van der Waals surface area contributed by atoms with E-state index in [0.29, 0.717) is 29.9 Å². The van der Waals surface area contributed by atoms with Crippen LogP contribution in [-0.4, -0.2) is 47.2 Å². The molecule has 30 heavy (non-hydrogen) atoms. The average Bonchev–Trinajstić information content (AvgIpc) is 2.66. The van der Waals surface area contributed by atoms with Crippen molar-refractivity contribution < 1.29 is 35.5 Å². The van der Waals surface area contributed by atoms with E-state index in [1.54, 1.807) is 0 Å². The third-order valence-electron chi connectivity index (χ3n) is 4.82. The van der Waals surface area contributed by atoms with Crippen molar-refractivity contribution in [2.45, 2.75) is 23.5 Å². The fraction of sp³-hybridized carbons (Fsp3) is 0.368. The molecule has 6 nitrogen and oxygen atoms in total. The normalized spacial score (nSPS) is 16.7. The summed E-state index contributed by atoms with van der Waals surface area (Å²) in [5.41, 5.74) is -0.682. The Morgan fingerprint density at radius 2 is 1.90 bits per heavy atom. The van der Waals surface area contributed by atoms with Crippen molar-refractivity contribution in [2.24, 2.45) is 0 Å². The Labute approximate surface area is 171 Å². The molecule has 11 heteroatoms. The third kappa shape index (κ3) is 4.31. The number of anilines is 1. The fourth-order valence-electron chi connectivity index (χ4n) is 3.13. The molecule has 3 rings (SSSR count). The van der Waals surface area contributed by atoms with Crippen LogP contribution in [0.4, 0.5) is 23.2 Å². The van der Waals surface area contributed by atoms with Crippen LogP contribution >= 0.6 is 0 Å². The second kappa shape index (κ2) is 7.95. The molecule has 0 unspecified atom stereocenters. The zero-order chi connectivity index (χ0) is 22.3. The van der Waals surface area contributed by atoms with Gasteiger partial charge in [-0.05, 0) is 50.8 Å². The zero-order valence-electron chi connectivity index (χ0n) is 16.4. The number of benzene rings is 2. The molecule has 0 aliphatic carbocycles. The number of nitrogens with zero attached hydrogens (tertiary/aromatic N) is 1. The standard InChI is InChI=1S/C19H20F4N2O4S/c1-25(2)12-9-13-16(28-3)7-6-15(18(13)29-10-12)24-30(26,27)17-8-11(19(21,22)23)4-5-14(17)20/h4-8,12,24H,9-10H2,1-3H3/t12-/m1/s1. The molecule has 1 aliphatic heterocycles. The van der Waals surface area contributed by atoms with Crippen LogP contribution in [0.15, 0.2) is 35.2 Å². The zero-order valence-corrected chi connectivity index (χ0v) is 17.2. The lowest BCUT2D eigenvalue weighted by Gasteiger charge is -2.32. The number of nitrogens with one attached hydrogen (secondary N) is 1. The Hall–Kier alpha value is -2.53. The van der Waals surface area contributed by atoms with Gasteiger partial charge >= 0.3 is 6.18 Å². The Balaban J connectivity index is 2.02. The number of hydrogen-bond acceptors (Lipinski definition) is 5. The maximum atomic E-state index is 14.1. The predicted molar refractivity (Wildman–Crippen MR) is 102 cm³/mol. The highest BCUT2D eigenvalue weighted by Gasteiger charge is 2.34. The van der Waals surface area contributed by atoms with Crippen LogP contribution in [0, 0.1) is 5.82 Å². The number of likely N-dealkylation sites (N-methyl/N-ethyl adjacent to an activating group) is 1. The van der Waals surface area contributed by atoms with Crippen LogP contribution in [0.1, 0.15) is 11.1 Å². The summed E-state index contributed by atoms with van der Waals surface area (Å²) < 4.78 is 91.6. The molecule has 0 radical (unpaired) electrons. The maximum Gasteiger partial charge on any atom is 0.416 e. The molecule has 0 bridgehead atoms. The summed E-state index contributed by atoms with van der Waals surface area (Å²) in [4.78, 5) is 0.834. The molecule has 1 N–H and O–H groups in total. The summed E-state index contributed by atoms with van der Waals surface area (Å²) in [6, 6.07) is 4.10. The highest BCUT2D eigenvalue weighted by atomic mass is 32.2. The van der Waals surface area contributed by atoms with Gasteiger partial charge in [0.2, 0.25) is 0 Å². The molecule has 1 heterocycles. The number of rotatable bonds is 5. The van der Waals surface area contributed by atoms with Crippen LogP contribution in [-0.2, 0) is 22.6 Å². The summed E-state index contributed by atoms with van der Waals surface area (Å²) in [6.07, 6.45) is -4.32. The third-order valence-corrected chi connectivity index (χ3v) is 6.20. The van der Waals surface area contributed by atoms with Gasteiger partial charge in [0.25, 0.3) is 10.0 Å². The van der Waals surface area contributed by atoms with E-state index in [1.807, 2.05) is 19.0 Å². The summed E-state index contributed by atoms with van der Waals surface area (Å²) in [7, 11) is 0.528. The molecule has 2 aromatic rings. The van der Waals surface area contributed by atoms with Gasteiger partial charge in [-0.1, -0.05) is 0 Å². The van der Waals surface area contributed by atoms with E-state index in [0.717, 1.165) is 0 Å². The molecular weight excluding hydrogens is 428 g/mol. The largest absolute Gasteiger partial charge is 0.496 e. The van der Waals surface area contributed by atoms with Crippen LogP contribution in [0.5, 0.6) is 11.5 Å². The molecule has 0 aromatic heterocycles. The van der Waals surface area contributed by atoms with E-state index in [2.05, 4.69) is 4.72 Å². The Morgan fingerprint density at radius 1 is 1.20 bits per heavy atom. The number of alkyl halides is 3. The van der Waals surface area contributed by atoms with Gasteiger partial charge in [0.05, 0.1) is 18.4 Å². The topological polar surface area (TPSA) is 67.9 Å². The van der Waals surface area contributed by atoms with E-state index in [1.165, 1.54) is 19.2 Å². The first-order chi connectivity index (χ1) is 13.9. The van der Waals surface area contributed by atoms with Gasteiger partial charge in [-0.15, -0.1) is 0 Å². The first-order valence-electron chi connectivity index (χ1n) is 8.82. The molecular formula is C19H20F4N2O4S. The van der Waals surface area contributed by atoms with E-state index >= 15 is 0 Å². The fourth-order valence-corrected chi connectivity index (χ4v) is 4.30. The van der Waals surface area contributed by atoms with Gasteiger partial charge < -0.3 is 14.4 Å². The highest BCUT2D eigenvalue weighted by Crippen LogP contribution is 2.41. The first kappa shape index (κ1) is 22.2. The minimum Gasteiger partial charge on any atom is -0.496 e. The maximum absolute atomic E-state index is 14.1. The Kier molecular flexibility index (Phi) is 5.87. The van der Waals surface area contributed by atoms with Crippen molar-refractivity contribution in [3.05, 3.63) is 47.3 Å². The smallest absolute Gasteiger partial charge is 0.416 e. The summed E-state index contributed by atoms with van der Waals surface area (Å²) in [5, 5.41) is 0. The van der Waals surface area contributed by atoms with Crippen molar-refractivity contribution in [3.63, 3.8) is 0 Å². The lowest BCUT2D eigenvalue weighted by Crippen LogP contribution is -2.38. The van der Waals surface area contributed by atoms with Crippen molar-refractivity contribution >= 4 is 15.7 Å². The van der Waals surface area contributed by atoms with Crippen molar-refractivity contribution in [2.75, 3.05) is 32.5 Å². The van der Waals surface area contributed by atoms with Gasteiger partial charge in [-0.25, -0.2) is 12.8 Å². The Bertz CT molecular complexity index is 1060. The van der Waals surface area contributed by atoms with Gasteiger partial charge in [0, 0.05) is 11.6 Å². The predicted octanol–water partition coefficient (Wildman–Crippen LogP) is 3.52. The van der Waals surface area contributed by atoms with Crippen molar-refractivity contribution in [1.29, 1.82) is 0 Å². The molecule has 164 valence electrons. The summed E-state index contributed by atoms with van der Waals surface area (Å²) >= 11 is 0. The number of methoxy groups -OCH3 is 1. The molecule has 2 aromatic carbocycles. The number of hydrogen-bond donors (Lipinski definition) is 1. The quantitative estimate of drug-likeness (QED) is 0.709. The molecule has 0 saturated carbocycles. The SMILES string of the molecule is COc1ccc(NS(=O)(=O)c2cc(C(F)(F)F)ccc2F)c2c1C[C@@H](N(C)C)CO2. The molecule has 0 fully saturated rings. The van der Waals surface area contributed by atoms with E-state index < -0.39 is 32.5 Å². The lowest BCUT2D eigenvalue weighted by atomic mass is 10.00. The van der Waals surface area contributed by atoms with Gasteiger partial charge in [-0.3, -0.25) is 4.72 Å². The molecule has 1 aliphatic rings. The summed E-state index contributed by atoms with van der Waals surface area (Å²) in [5.74, 6) is -0.625. The van der Waals surface area contributed by atoms with Gasteiger partial charge in [0.1, 0.15) is 28.8 Å². The van der Waals surface area contributed by atoms with E-state index in [-0.39, 0.29) is 30.2 Å². The van der Waals surface area contributed by atoms with Gasteiger partial charge in [-0.2, -0.15) is 13.2 Å². The monoisotopic (exact) mass is 448 g/mol. The average molecular weight is 448 g/mol. The molecule has 0 spiro atoms. The number of halogens is 4. The lowest BCUT2D eigenvalue weighted by molar-refractivity contribution is -0.137. The van der Waals surface area contributed by atoms with Crippen molar-refractivity contribution in [1.82, 2.24) is 4.90 Å². The molecule has 0 amide bonds. The second-order valence-electron chi connectivity index (χ2n) is 7.00. The minimum absolute atomic E-state index is 0.0131. The van der Waals surface area contributed by atoms with Crippen LogP contribution < -0.4 is 14.2 Å². The van der Waals surface area contributed by atoms with E-state index in [4.69, 9.17) is 9.47 Å². The Morgan fingerprint density at radius 3 is 2.50 bits per heavy atom. The number of sulfonamides is 1. The van der Waals surface area contributed by atoms with E-state index in [9.17, 15) is 26.0 Å².